The Bertz CT molecular complexity index is 251. The van der Waals surface area contributed by atoms with Crippen molar-refractivity contribution in [2.75, 3.05) is 13.6 Å². The van der Waals surface area contributed by atoms with E-state index in [1.807, 2.05) is 7.05 Å². The minimum Gasteiger partial charge on any atom is -0.316 e. The van der Waals surface area contributed by atoms with Crippen molar-refractivity contribution in [3.8, 4) is 0 Å². The van der Waals surface area contributed by atoms with E-state index in [1.165, 1.54) is 9.13 Å². The summed E-state index contributed by atoms with van der Waals surface area (Å²) in [5, 5.41) is 3.06. The van der Waals surface area contributed by atoms with Gasteiger partial charge in [-0.05, 0) is 47.3 Å². The van der Waals surface area contributed by atoms with E-state index in [0.717, 1.165) is 6.54 Å². The van der Waals surface area contributed by atoms with Gasteiger partial charge in [-0.2, -0.15) is 0 Å². The molecule has 0 amide bonds. The van der Waals surface area contributed by atoms with Crippen molar-refractivity contribution < 1.29 is 0 Å². The summed E-state index contributed by atoms with van der Waals surface area (Å²) in [6.45, 7) is 0.923. The standard InChI is InChI=1S/C10H12IN/c1-12-8-2-3-9-4-6-10(11)7-5-9/h2-7,12H,8H2,1H3. The molecule has 0 heterocycles. The Morgan fingerprint density at radius 1 is 1.33 bits per heavy atom. The number of nitrogens with one attached hydrogen (secondary N) is 1. The van der Waals surface area contributed by atoms with E-state index in [2.05, 4.69) is 64.3 Å². The summed E-state index contributed by atoms with van der Waals surface area (Å²) in [7, 11) is 1.94. The second kappa shape index (κ2) is 5.32. The number of hydrogen-bond donors (Lipinski definition) is 1. The zero-order valence-electron chi connectivity index (χ0n) is 7.05. The third-order valence-electron chi connectivity index (χ3n) is 1.50. The molecule has 1 rings (SSSR count). The van der Waals surface area contributed by atoms with Crippen LogP contribution in [0.3, 0.4) is 0 Å². The Labute approximate surface area is 87.0 Å². The molecule has 0 unspecified atom stereocenters. The summed E-state index contributed by atoms with van der Waals surface area (Å²) < 4.78 is 1.28. The van der Waals surface area contributed by atoms with Gasteiger partial charge < -0.3 is 5.32 Å². The van der Waals surface area contributed by atoms with Gasteiger partial charge in [-0.25, -0.2) is 0 Å². The van der Waals surface area contributed by atoms with Crippen LogP contribution >= 0.6 is 22.6 Å². The van der Waals surface area contributed by atoms with Crippen LogP contribution in [0, 0.1) is 3.57 Å². The topological polar surface area (TPSA) is 12.0 Å². The highest BCUT2D eigenvalue weighted by atomic mass is 127. The van der Waals surface area contributed by atoms with E-state index < -0.39 is 0 Å². The number of rotatable bonds is 3. The molecular weight excluding hydrogens is 261 g/mol. The van der Waals surface area contributed by atoms with Crippen molar-refractivity contribution in [1.82, 2.24) is 5.32 Å². The summed E-state index contributed by atoms with van der Waals surface area (Å²) in [6, 6.07) is 8.46. The first-order chi connectivity index (χ1) is 5.83. The van der Waals surface area contributed by atoms with Crippen LogP contribution in [0.5, 0.6) is 0 Å². The fourth-order valence-corrected chi connectivity index (χ4v) is 1.25. The van der Waals surface area contributed by atoms with E-state index in [1.54, 1.807) is 0 Å². The lowest BCUT2D eigenvalue weighted by Gasteiger charge is -1.93. The Hall–Kier alpha value is -0.350. The summed E-state index contributed by atoms with van der Waals surface area (Å²) in [5.74, 6) is 0. The van der Waals surface area contributed by atoms with Gasteiger partial charge in [0.1, 0.15) is 0 Å². The van der Waals surface area contributed by atoms with E-state index in [9.17, 15) is 0 Å². The van der Waals surface area contributed by atoms with E-state index >= 15 is 0 Å². The minimum absolute atomic E-state index is 0.923. The van der Waals surface area contributed by atoms with Gasteiger partial charge in [0, 0.05) is 10.1 Å². The smallest absolute Gasteiger partial charge is 0.0135 e. The van der Waals surface area contributed by atoms with Crippen LogP contribution in [0.25, 0.3) is 6.08 Å². The molecule has 0 saturated heterocycles. The maximum absolute atomic E-state index is 3.06. The Balaban J connectivity index is 2.58. The van der Waals surface area contributed by atoms with Gasteiger partial charge in [-0.3, -0.25) is 0 Å². The maximum atomic E-state index is 3.06. The van der Waals surface area contributed by atoms with Gasteiger partial charge in [-0.1, -0.05) is 24.3 Å². The second-order valence-electron chi connectivity index (χ2n) is 2.51. The molecule has 1 N–H and O–H groups in total. The molecule has 0 bridgehead atoms. The van der Waals surface area contributed by atoms with Crippen LogP contribution < -0.4 is 5.32 Å². The molecule has 0 radical (unpaired) electrons. The van der Waals surface area contributed by atoms with Crippen molar-refractivity contribution in [2.45, 2.75) is 0 Å². The second-order valence-corrected chi connectivity index (χ2v) is 3.76. The van der Waals surface area contributed by atoms with Crippen molar-refractivity contribution >= 4 is 28.7 Å². The normalized spacial score (nSPS) is 10.8. The van der Waals surface area contributed by atoms with Gasteiger partial charge >= 0.3 is 0 Å². The molecule has 0 fully saturated rings. The number of halogens is 1. The quantitative estimate of drug-likeness (QED) is 0.834. The fourth-order valence-electron chi connectivity index (χ4n) is 0.887. The van der Waals surface area contributed by atoms with E-state index in [4.69, 9.17) is 0 Å². The lowest BCUT2D eigenvalue weighted by molar-refractivity contribution is 0.922. The predicted molar refractivity (Wildman–Crippen MR) is 62.1 cm³/mol. The van der Waals surface area contributed by atoms with Crippen molar-refractivity contribution in [3.05, 3.63) is 39.5 Å². The number of hydrogen-bond acceptors (Lipinski definition) is 1. The third kappa shape index (κ3) is 3.36. The molecule has 0 saturated carbocycles. The third-order valence-corrected chi connectivity index (χ3v) is 2.22. The Morgan fingerprint density at radius 3 is 2.58 bits per heavy atom. The van der Waals surface area contributed by atoms with Crippen LogP contribution in [0.4, 0.5) is 0 Å². The van der Waals surface area contributed by atoms with Gasteiger partial charge in [0.05, 0.1) is 0 Å². The summed E-state index contributed by atoms with van der Waals surface area (Å²) in [4.78, 5) is 0. The lowest BCUT2D eigenvalue weighted by Crippen LogP contribution is -2.03. The zero-order chi connectivity index (χ0) is 8.81. The highest BCUT2D eigenvalue weighted by Crippen LogP contribution is 2.07. The average Bonchev–Trinajstić information content (AvgIpc) is 2.09. The van der Waals surface area contributed by atoms with Crippen LogP contribution in [0.15, 0.2) is 30.3 Å². The molecule has 0 aromatic heterocycles. The predicted octanol–water partition coefficient (Wildman–Crippen LogP) is 2.52. The van der Waals surface area contributed by atoms with Crippen LogP contribution in [0.2, 0.25) is 0 Å². The maximum Gasteiger partial charge on any atom is 0.0135 e. The van der Waals surface area contributed by atoms with E-state index in [-0.39, 0.29) is 0 Å². The highest BCUT2D eigenvalue weighted by molar-refractivity contribution is 14.1. The van der Waals surface area contributed by atoms with Gasteiger partial charge in [0.25, 0.3) is 0 Å². The average molecular weight is 273 g/mol. The van der Waals surface area contributed by atoms with Crippen molar-refractivity contribution in [2.24, 2.45) is 0 Å². The molecule has 64 valence electrons. The van der Waals surface area contributed by atoms with Crippen molar-refractivity contribution in [1.29, 1.82) is 0 Å². The summed E-state index contributed by atoms with van der Waals surface area (Å²) in [6.07, 6.45) is 4.23. The Kier molecular flexibility index (Phi) is 4.32. The largest absolute Gasteiger partial charge is 0.316 e. The molecule has 0 aliphatic heterocycles. The van der Waals surface area contributed by atoms with E-state index in [0.29, 0.717) is 0 Å². The molecule has 0 aliphatic carbocycles. The zero-order valence-corrected chi connectivity index (χ0v) is 9.21. The van der Waals surface area contributed by atoms with Gasteiger partial charge in [-0.15, -0.1) is 0 Å². The van der Waals surface area contributed by atoms with Gasteiger partial charge in [0.2, 0.25) is 0 Å². The molecule has 1 nitrogen and oxygen atoms in total. The highest BCUT2D eigenvalue weighted by Gasteiger charge is 1.85. The minimum atomic E-state index is 0.923. The molecule has 0 spiro atoms. The molecular formula is C10H12IN. The van der Waals surface area contributed by atoms with Crippen LogP contribution in [0.1, 0.15) is 5.56 Å². The molecule has 0 aliphatic rings. The summed E-state index contributed by atoms with van der Waals surface area (Å²) >= 11 is 2.31. The first-order valence-electron chi connectivity index (χ1n) is 3.89. The van der Waals surface area contributed by atoms with Gasteiger partial charge in [0.15, 0.2) is 0 Å². The molecule has 2 heteroatoms. The van der Waals surface area contributed by atoms with Crippen molar-refractivity contribution in [3.63, 3.8) is 0 Å². The molecule has 12 heavy (non-hydrogen) atoms. The Morgan fingerprint density at radius 2 is 2.00 bits per heavy atom. The summed E-state index contributed by atoms with van der Waals surface area (Å²) in [5.41, 5.74) is 1.26. The first-order valence-corrected chi connectivity index (χ1v) is 4.97. The number of likely N-dealkylation sites (N-methyl/N-ethyl adjacent to an activating group) is 1. The monoisotopic (exact) mass is 273 g/mol. The SMILES string of the molecule is CNCC=Cc1ccc(I)cc1. The lowest BCUT2D eigenvalue weighted by atomic mass is 10.2. The molecule has 1 aromatic carbocycles. The van der Waals surface area contributed by atoms with Crippen LogP contribution in [-0.2, 0) is 0 Å². The molecule has 1 aromatic rings. The number of benzene rings is 1. The van der Waals surface area contributed by atoms with Crippen LogP contribution in [-0.4, -0.2) is 13.6 Å². The first kappa shape index (κ1) is 9.74. The molecule has 0 atom stereocenters. The fraction of sp³-hybridized carbons (Fsp3) is 0.200.